The zero-order valence-corrected chi connectivity index (χ0v) is 9.52. The van der Waals surface area contributed by atoms with E-state index in [1.54, 1.807) is 6.08 Å². The van der Waals surface area contributed by atoms with E-state index in [0.717, 1.165) is 19.3 Å². The largest absolute Gasteiger partial charge is 0.380 e. The molecule has 0 radical (unpaired) electrons. The third-order valence-electron chi connectivity index (χ3n) is 2.29. The molecule has 0 aliphatic carbocycles. The molecule has 1 nitrogen and oxygen atoms in total. The van der Waals surface area contributed by atoms with Gasteiger partial charge in [-0.15, -0.1) is 12.5 Å². The Hall–Kier alpha value is -1.52. The average Bonchev–Trinajstić information content (AvgIpc) is 2.33. The highest BCUT2D eigenvalue weighted by atomic mass is 16.3. The highest BCUT2D eigenvalue weighted by Gasteiger charge is 1.95. The van der Waals surface area contributed by atoms with Crippen LogP contribution in [0.4, 0.5) is 0 Å². The van der Waals surface area contributed by atoms with Crippen LogP contribution in [0.3, 0.4) is 0 Å². The monoisotopic (exact) mass is 214 g/mol. The van der Waals surface area contributed by atoms with E-state index in [1.165, 1.54) is 5.56 Å². The van der Waals surface area contributed by atoms with E-state index >= 15 is 0 Å². The van der Waals surface area contributed by atoms with Crippen molar-refractivity contribution in [1.29, 1.82) is 0 Å². The van der Waals surface area contributed by atoms with Gasteiger partial charge in [-0.05, 0) is 24.8 Å². The average molecular weight is 214 g/mol. The molecule has 0 saturated heterocycles. The van der Waals surface area contributed by atoms with Gasteiger partial charge in [0.15, 0.2) is 0 Å². The van der Waals surface area contributed by atoms with Crippen molar-refractivity contribution in [2.45, 2.75) is 31.8 Å². The molecule has 0 amide bonds. The van der Waals surface area contributed by atoms with Gasteiger partial charge in [0.25, 0.3) is 0 Å². The SMILES string of the molecule is C=CCC[C@H](O)C#CCCc1ccccc1. The van der Waals surface area contributed by atoms with E-state index in [-0.39, 0.29) is 0 Å². The molecule has 0 heterocycles. The predicted molar refractivity (Wildman–Crippen MR) is 68.0 cm³/mol. The van der Waals surface area contributed by atoms with Crippen LogP contribution in [-0.2, 0) is 6.42 Å². The molecular weight excluding hydrogens is 196 g/mol. The second-order valence-corrected chi connectivity index (χ2v) is 3.69. The van der Waals surface area contributed by atoms with Crippen LogP contribution in [0.2, 0.25) is 0 Å². The lowest BCUT2D eigenvalue weighted by molar-refractivity contribution is 0.223. The summed E-state index contributed by atoms with van der Waals surface area (Å²) in [5.74, 6) is 5.85. The van der Waals surface area contributed by atoms with E-state index in [2.05, 4.69) is 30.6 Å². The number of aliphatic hydroxyl groups excluding tert-OH is 1. The van der Waals surface area contributed by atoms with Crippen molar-refractivity contribution in [1.82, 2.24) is 0 Å². The molecule has 0 aliphatic heterocycles. The molecule has 0 saturated carbocycles. The summed E-state index contributed by atoms with van der Waals surface area (Å²) >= 11 is 0. The van der Waals surface area contributed by atoms with Gasteiger partial charge in [0, 0.05) is 6.42 Å². The van der Waals surface area contributed by atoms with E-state index in [0.29, 0.717) is 6.42 Å². The van der Waals surface area contributed by atoms with Gasteiger partial charge in [0.1, 0.15) is 6.10 Å². The van der Waals surface area contributed by atoms with Crippen molar-refractivity contribution in [3.63, 3.8) is 0 Å². The Morgan fingerprint density at radius 2 is 2.06 bits per heavy atom. The number of aryl methyl sites for hydroxylation is 1. The maximum Gasteiger partial charge on any atom is 0.115 e. The van der Waals surface area contributed by atoms with Crippen molar-refractivity contribution in [3.8, 4) is 11.8 Å². The van der Waals surface area contributed by atoms with Gasteiger partial charge in [0.2, 0.25) is 0 Å². The zero-order valence-electron chi connectivity index (χ0n) is 9.52. The fraction of sp³-hybridized carbons (Fsp3) is 0.333. The summed E-state index contributed by atoms with van der Waals surface area (Å²) in [6, 6.07) is 10.3. The van der Waals surface area contributed by atoms with Crippen molar-refractivity contribution < 1.29 is 5.11 Å². The number of aliphatic hydroxyl groups is 1. The third-order valence-corrected chi connectivity index (χ3v) is 2.29. The van der Waals surface area contributed by atoms with Crippen LogP contribution < -0.4 is 0 Å². The standard InChI is InChI=1S/C15H18O/c1-2-3-12-15(16)13-8-7-11-14-9-5-4-6-10-14/h2,4-6,9-10,15-16H,1,3,7,11-12H2/t15-/m0/s1. The van der Waals surface area contributed by atoms with Gasteiger partial charge >= 0.3 is 0 Å². The smallest absolute Gasteiger partial charge is 0.115 e. The van der Waals surface area contributed by atoms with Crippen LogP contribution in [0.1, 0.15) is 24.8 Å². The molecule has 16 heavy (non-hydrogen) atoms. The summed E-state index contributed by atoms with van der Waals surface area (Å²) in [4.78, 5) is 0. The molecular formula is C15H18O. The first kappa shape index (κ1) is 12.5. The summed E-state index contributed by atoms with van der Waals surface area (Å²) in [6.45, 7) is 3.61. The first-order valence-electron chi connectivity index (χ1n) is 5.64. The number of hydrogen-bond acceptors (Lipinski definition) is 1. The first-order valence-corrected chi connectivity index (χ1v) is 5.64. The molecule has 0 unspecified atom stereocenters. The lowest BCUT2D eigenvalue weighted by Gasteiger charge is -1.98. The van der Waals surface area contributed by atoms with Crippen molar-refractivity contribution >= 4 is 0 Å². The Morgan fingerprint density at radius 1 is 1.31 bits per heavy atom. The molecule has 0 spiro atoms. The molecule has 0 bridgehead atoms. The first-order chi connectivity index (χ1) is 7.83. The highest BCUT2D eigenvalue weighted by molar-refractivity contribution is 5.16. The van der Waals surface area contributed by atoms with Crippen LogP contribution in [0.5, 0.6) is 0 Å². The third kappa shape index (κ3) is 5.38. The Balaban J connectivity index is 2.24. The molecule has 1 aromatic carbocycles. The van der Waals surface area contributed by atoms with Crippen molar-refractivity contribution in [2.75, 3.05) is 0 Å². The van der Waals surface area contributed by atoms with Gasteiger partial charge in [-0.3, -0.25) is 0 Å². The predicted octanol–water partition coefficient (Wildman–Crippen LogP) is 2.95. The maximum absolute atomic E-state index is 9.46. The Morgan fingerprint density at radius 3 is 2.75 bits per heavy atom. The van der Waals surface area contributed by atoms with Gasteiger partial charge in [-0.25, -0.2) is 0 Å². The molecule has 1 aromatic rings. The maximum atomic E-state index is 9.46. The van der Waals surface area contributed by atoms with E-state index < -0.39 is 6.10 Å². The van der Waals surface area contributed by atoms with Crippen molar-refractivity contribution in [3.05, 3.63) is 48.6 Å². The van der Waals surface area contributed by atoms with Gasteiger partial charge < -0.3 is 5.11 Å². The minimum atomic E-state index is -0.506. The zero-order chi connectivity index (χ0) is 11.6. The molecule has 0 aromatic heterocycles. The lowest BCUT2D eigenvalue weighted by atomic mass is 10.1. The lowest BCUT2D eigenvalue weighted by Crippen LogP contribution is -2.01. The normalized spacial score (nSPS) is 11.3. The summed E-state index contributed by atoms with van der Waals surface area (Å²) in [5.41, 5.74) is 1.29. The molecule has 0 fully saturated rings. The minimum Gasteiger partial charge on any atom is -0.380 e. The second kappa shape index (κ2) is 7.73. The van der Waals surface area contributed by atoms with E-state index in [9.17, 15) is 5.11 Å². The number of benzene rings is 1. The second-order valence-electron chi connectivity index (χ2n) is 3.69. The molecule has 1 atom stereocenters. The Bertz CT molecular complexity index is 356. The van der Waals surface area contributed by atoms with Crippen LogP contribution >= 0.6 is 0 Å². The minimum absolute atomic E-state index is 0.506. The number of allylic oxidation sites excluding steroid dienone is 1. The summed E-state index contributed by atoms with van der Waals surface area (Å²) < 4.78 is 0. The fourth-order valence-corrected chi connectivity index (χ4v) is 1.39. The van der Waals surface area contributed by atoms with Crippen molar-refractivity contribution in [2.24, 2.45) is 0 Å². The van der Waals surface area contributed by atoms with Crippen LogP contribution in [0, 0.1) is 11.8 Å². The Labute approximate surface area is 97.8 Å². The van der Waals surface area contributed by atoms with Gasteiger partial charge in [0.05, 0.1) is 0 Å². The van der Waals surface area contributed by atoms with Gasteiger partial charge in [-0.1, -0.05) is 42.3 Å². The molecule has 0 aliphatic rings. The van der Waals surface area contributed by atoms with Gasteiger partial charge in [-0.2, -0.15) is 0 Å². The molecule has 1 N–H and O–H groups in total. The summed E-state index contributed by atoms with van der Waals surface area (Å²) in [5, 5.41) is 9.46. The quantitative estimate of drug-likeness (QED) is 0.590. The number of hydrogen-bond donors (Lipinski definition) is 1. The van der Waals surface area contributed by atoms with E-state index in [4.69, 9.17) is 0 Å². The molecule has 84 valence electrons. The summed E-state index contributed by atoms with van der Waals surface area (Å²) in [6.07, 6.45) is 4.54. The van der Waals surface area contributed by atoms with Crippen LogP contribution in [0.25, 0.3) is 0 Å². The Kier molecular flexibility index (Phi) is 6.06. The molecule has 1 heteroatoms. The van der Waals surface area contributed by atoms with Crippen LogP contribution in [-0.4, -0.2) is 11.2 Å². The fourth-order valence-electron chi connectivity index (χ4n) is 1.39. The van der Waals surface area contributed by atoms with E-state index in [1.807, 2.05) is 18.2 Å². The summed E-state index contributed by atoms with van der Waals surface area (Å²) in [7, 11) is 0. The highest BCUT2D eigenvalue weighted by Crippen LogP contribution is 2.01. The molecule has 1 rings (SSSR count). The number of rotatable bonds is 5. The topological polar surface area (TPSA) is 20.2 Å². The van der Waals surface area contributed by atoms with Crippen LogP contribution in [0.15, 0.2) is 43.0 Å².